The molecule has 0 atom stereocenters. The van der Waals surface area contributed by atoms with Crippen LogP contribution >= 0.6 is 34.1 Å². The Balaban J connectivity index is 3.35. The summed E-state index contributed by atoms with van der Waals surface area (Å²) in [7, 11) is 1.76. The van der Waals surface area contributed by atoms with Gasteiger partial charge in [-0.3, -0.25) is 8.75 Å². The molecule has 0 aliphatic carbocycles. The molecule has 0 aliphatic rings. The van der Waals surface area contributed by atoms with Crippen LogP contribution in [-0.4, -0.2) is 3.96 Å². The highest BCUT2D eigenvalue weighted by molar-refractivity contribution is 14.1. The normalized spacial score (nSPS) is 9.75. The highest BCUT2D eigenvalue weighted by Crippen LogP contribution is 2.05. The molecule has 2 nitrogen and oxygen atoms in total. The van der Waals surface area contributed by atoms with Crippen molar-refractivity contribution in [3.63, 3.8) is 0 Å². The molecule has 1 aromatic rings. The molecule has 0 amide bonds. The van der Waals surface area contributed by atoms with Crippen LogP contribution in [0.4, 0.5) is 0 Å². The van der Waals surface area contributed by atoms with Crippen LogP contribution in [-0.2, 0) is 7.05 Å². The van der Waals surface area contributed by atoms with Crippen LogP contribution in [0.3, 0.4) is 0 Å². The molecule has 44 valence electrons. The van der Waals surface area contributed by atoms with Gasteiger partial charge in [-0.25, -0.2) is 0 Å². The van der Waals surface area contributed by atoms with E-state index < -0.39 is 0 Å². The number of aryl methyl sites for hydroxylation is 1. The van der Waals surface area contributed by atoms with Crippen molar-refractivity contribution >= 4 is 34.1 Å². The van der Waals surface area contributed by atoms with Gasteiger partial charge in [0.25, 0.3) is 5.56 Å². The Bertz CT molecular complexity index is 238. The van der Waals surface area contributed by atoms with Crippen LogP contribution in [0.5, 0.6) is 0 Å². The number of halogens is 1. The van der Waals surface area contributed by atoms with Crippen LogP contribution < -0.4 is 5.56 Å². The van der Waals surface area contributed by atoms with E-state index in [1.807, 2.05) is 0 Å². The summed E-state index contributed by atoms with van der Waals surface area (Å²) < 4.78 is 2.64. The predicted molar refractivity (Wildman–Crippen MR) is 42.3 cm³/mol. The van der Waals surface area contributed by atoms with Crippen LogP contribution in [0, 0.1) is 2.88 Å². The Labute approximate surface area is 64.4 Å². The summed E-state index contributed by atoms with van der Waals surface area (Å²) in [5.41, 5.74) is 0.0828. The quantitative estimate of drug-likeness (QED) is 0.622. The molecule has 8 heavy (non-hydrogen) atoms. The van der Waals surface area contributed by atoms with Crippen molar-refractivity contribution < 1.29 is 0 Å². The lowest BCUT2D eigenvalue weighted by molar-refractivity contribution is 0.981. The zero-order valence-corrected chi connectivity index (χ0v) is 7.19. The SMILES string of the molecule is Cn1sc(I)cc1=O. The number of rotatable bonds is 0. The minimum Gasteiger partial charge on any atom is -0.268 e. The lowest BCUT2D eigenvalue weighted by Gasteiger charge is -1.77. The second kappa shape index (κ2) is 2.18. The van der Waals surface area contributed by atoms with E-state index in [0.29, 0.717) is 0 Å². The van der Waals surface area contributed by atoms with Gasteiger partial charge < -0.3 is 0 Å². The average molecular weight is 241 g/mol. The molecule has 0 saturated heterocycles. The first-order chi connectivity index (χ1) is 3.70. The summed E-state index contributed by atoms with van der Waals surface area (Å²) in [6, 6.07) is 1.62. The summed E-state index contributed by atoms with van der Waals surface area (Å²) in [6.45, 7) is 0. The lowest BCUT2D eigenvalue weighted by atomic mass is 10.7. The Morgan fingerprint density at radius 1 is 1.88 bits per heavy atom. The van der Waals surface area contributed by atoms with Crippen LogP contribution in [0.1, 0.15) is 0 Å². The molecule has 0 unspecified atom stereocenters. The van der Waals surface area contributed by atoms with Gasteiger partial charge in [0.15, 0.2) is 0 Å². The minimum absolute atomic E-state index is 0.0828. The topological polar surface area (TPSA) is 22.0 Å². The standard InChI is InChI=1S/C4H4INOS/c1-6-4(7)2-3(5)8-6/h2H,1H3. The van der Waals surface area contributed by atoms with Crippen molar-refractivity contribution in [1.29, 1.82) is 0 Å². The molecule has 1 heterocycles. The average Bonchev–Trinajstić information content (AvgIpc) is 1.85. The number of aromatic nitrogens is 1. The van der Waals surface area contributed by atoms with Gasteiger partial charge in [0.2, 0.25) is 0 Å². The third-order valence-corrected chi connectivity index (χ3v) is 2.42. The van der Waals surface area contributed by atoms with Gasteiger partial charge in [0.05, 0.1) is 2.88 Å². The van der Waals surface area contributed by atoms with Gasteiger partial charge in [-0.1, -0.05) is 11.5 Å². The van der Waals surface area contributed by atoms with Gasteiger partial charge in [0.1, 0.15) is 0 Å². The Hall–Kier alpha value is 0.160. The van der Waals surface area contributed by atoms with E-state index in [1.165, 1.54) is 11.5 Å². The Kier molecular flexibility index (Phi) is 1.71. The monoisotopic (exact) mass is 241 g/mol. The summed E-state index contributed by atoms with van der Waals surface area (Å²) in [4.78, 5) is 10.6. The number of nitrogens with zero attached hydrogens (tertiary/aromatic N) is 1. The maximum Gasteiger partial charge on any atom is 0.261 e. The van der Waals surface area contributed by atoms with E-state index >= 15 is 0 Å². The van der Waals surface area contributed by atoms with E-state index in [2.05, 4.69) is 22.6 Å². The Morgan fingerprint density at radius 3 is 2.62 bits per heavy atom. The zero-order valence-electron chi connectivity index (χ0n) is 4.22. The first kappa shape index (κ1) is 6.28. The fourth-order valence-electron chi connectivity index (χ4n) is 0.390. The third-order valence-electron chi connectivity index (χ3n) is 0.771. The third kappa shape index (κ3) is 1.11. The molecule has 0 aromatic carbocycles. The van der Waals surface area contributed by atoms with E-state index in [1.54, 1.807) is 17.1 Å². The number of hydrogen-bond acceptors (Lipinski definition) is 2. The van der Waals surface area contributed by atoms with Crippen molar-refractivity contribution in [1.82, 2.24) is 3.96 Å². The van der Waals surface area contributed by atoms with Crippen LogP contribution in [0.2, 0.25) is 0 Å². The highest BCUT2D eigenvalue weighted by atomic mass is 127. The zero-order chi connectivity index (χ0) is 6.15. The molecular formula is C4H4INOS. The molecule has 0 fully saturated rings. The highest BCUT2D eigenvalue weighted by Gasteiger charge is 1.93. The second-order valence-corrected chi connectivity index (χ2v) is 4.44. The molecular weight excluding hydrogens is 237 g/mol. The van der Waals surface area contributed by atoms with E-state index in [0.717, 1.165) is 2.88 Å². The van der Waals surface area contributed by atoms with E-state index in [9.17, 15) is 4.79 Å². The summed E-state index contributed by atoms with van der Waals surface area (Å²) >= 11 is 3.58. The lowest BCUT2D eigenvalue weighted by Crippen LogP contribution is -2.05. The van der Waals surface area contributed by atoms with Gasteiger partial charge in [-0.15, -0.1) is 0 Å². The van der Waals surface area contributed by atoms with Crippen LogP contribution in [0.15, 0.2) is 10.9 Å². The molecule has 0 N–H and O–H groups in total. The minimum atomic E-state index is 0.0828. The Morgan fingerprint density at radius 2 is 2.50 bits per heavy atom. The molecule has 0 bridgehead atoms. The first-order valence-corrected chi connectivity index (χ1v) is 3.88. The molecule has 0 spiro atoms. The molecule has 0 radical (unpaired) electrons. The fraction of sp³-hybridized carbons (Fsp3) is 0.250. The molecule has 4 heteroatoms. The van der Waals surface area contributed by atoms with Crippen molar-refractivity contribution in [2.45, 2.75) is 0 Å². The molecule has 0 saturated carbocycles. The van der Waals surface area contributed by atoms with Crippen molar-refractivity contribution in [3.8, 4) is 0 Å². The fourth-order valence-corrected chi connectivity index (χ4v) is 2.10. The maximum atomic E-state index is 10.6. The molecule has 1 rings (SSSR count). The van der Waals surface area contributed by atoms with E-state index in [-0.39, 0.29) is 5.56 Å². The molecule has 0 aliphatic heterocycles. The van der Waals surface area contributed by atoms with Crippen molar-refractivity contribution in [2.24, 2.45) is 7.05 Å². The predicted octanol–water partition coefficient (Wildman–Crippen LogP) is 1.05. The summed E-state index contributed by atoms with van der Waals surface area (Å²) in [5.74, 6) is 0. The number of hydrogen-bond donors (Lipinski definition) is 0. The van der Waals surface area contributed by atoms with Crippen molar-refractivity contribution in [3.05, 3.63) is 19.3 Å². The molecule has 1 aromatic heterocycles. The second-order valence-electron chi connectivity index (χ2n) is 1.38. The van der Waals surface area contributed by atoms with E-state index in [4.69, 9.17) is 0 Å². The summed E-state index contributed by atoms with van der Waals surface area (Å²) in [6.07, 6.45) is 0. The van der Waals surface area contributed by atoms with Crippen LogP contribution in [0.25, 0.3) is 0 Å². The smallest absolute Gasteiger partial charge is 0.261 e. The largest absolute Gasteiger partial charge is 0.268 e. The van der Waals surface area contributed by atoms with Gasteiger partial charge >= 0.3 is 0 Å². The van der Waals surface area contributed by atoms with Gasteiger partial charge in [-0.2, -0.15) is 0 Å². The maximum absolute atomic E-state index is 10.6. The summed E-state index contributed by atoms with van der Waals surface area (Å²) in [5, 5.41) is 0. The van der Waals surface area contributed by atoms with Gasteiger partial charge in [-0.05, 0) is 22.6 Å². The van der Waals surface area contributed by atoms with Gasteiger partial charge in [0, 0.05) is 13.1 Å². The van der Waals surface area contributed by atoms with Crippen molar-refractivity contribution in [2.75, 3.05) is 0 Å². The first-order valence-electron chi connectivity index (χ1n) is 2.03.